The van der Waals surface area contributed by atoms with Gasteiger partial charge in [-0.15, -0.1) is 0 Å². The Bertz CT molecular complexity index is 944. The molecule has 0 spiro atoms. The fourth-order valence-corrected chi connectivity index (χ4v) is 2.85. The fraction of sp³-hybridized carbons (Fsp3) is 0.0500. The molecule has 3 nitrogen and oxygen atoms in total. The molecule has 112 valence electrons. The smallest absolute Gasteiger partial charge is 0.167 e. The van der Waals surface area contributed by atoms with E-state index in [1.165, 1.54) is 0 Å². The van der Waals surface area contributed by atoms with Crippen molar-refractivity contribution in [3.05, 3.63) is 90.0 Å². The molecule has 3 aromatic carbocycles. The Morgan fingerprint density at radius 2 is 1.48 bits per heavy atom. The quantitative estimate of drug-likeness (QED) is 0.602. The van der Waals surface area contributed by atoms with E-state index < -0.39 is 6.10 Å². The molecule has 0 bridgehead atoms. The number of benzene rings is 3. The van der Waals surface area contributed by atoms with Crippen LogP contribution in [0.25, 0.3) is 22.2 Å². The second kappa shape index (κ2) is 5.71. The van der Waals surface area contributed by atoms with Crippen molar-refractivity contribution in [3.8, 4) is 11.3 Å². The van der Waals surface area contributed by atoms with E-state index in [9.17, 15) is 5.11 Å². The number of fused-ring (bicyclic) bond motifs is 1. The minimum Gasteiger partial charge on any atom is -0.384 e. The Kier molecular flexibility index (Phi) is 3.41. The molecule has 1 atom stereocenters. The Balaban J connectivity index is 1.88. The SMILES string of the molecule is OC(c1ccccc1)c1ccccc1-c1noc2ccccc12. The van der Waals surface area contributed by atoms with E-state index in [2.05, 4.69) is 5.16 Å². The number of hydrogen-bond acceptors (Lipinski definition) is 3. The van der Waals surface area contributed by atoms with Crippen LogP contribution in [-0.4, -0.2) is 10.3 Å². The van der Waals surface area contributed by atoms with E-state index >= 15 is 0 Å². The highest BCUT2D eigenvalue weighted by Gasteiger charge is 2.18. The Morgan fingerprint density at radius 1 is 0.783 bits per heavy atom. The summed E-state index contributed by atoms with van der Waals surface area (Å²) in [5, 5.41) is 15.9. The largest absolute Gasteiger partial charge is 0.384 e. The van der Waals surface area contributed by atoms with E-state index in [1.54, 1.807) is 0 Å². The van der Waals surface area contributed by atoms with Crippen molar-refractivity contribution in [2.24, 2.45) is 0 Å². The summed E-state index contributed by atoms with van der Waals surface area (Å²) in [7, 11) is 0. The lowest BCUT2D eigenvalue weighted by molar-refractivity contribution is 0.221. The Hall–Kier alpha value is -2.91. The first-order chi connectivity index (χ1) is 11.3. The van der Waals surface area contributed by atoms with Crippen LogP contribution in [0.3, 0.4) is 0 Å². The lowest BCUT2D eigenvalue weighted by atomic mass is 9.94. The summed E-state index contributed by atoms with van der Waals surface area (Å²) in [6, 6.07) is 25.1. The standard InChI is InChI=1S/C20H15NO2/c22-20(14-8-2-1-3-9-14)16-11-5-4-10-15(16)19-17-12-6-7-13-18(17)23-21-19/h1-13,20,22H. The van der Waals surface area contributed by atoms with Gasteiger partial charge in [-0.1, -0.05) is 71.9 Å². The van der Waals surface area contributed by atoms with Crippen molar-refractivity contribution in [1.82, 2.24) is 5.16 Å². The summed E-state index contributed by atoms with van der Waals surface area (Å²) in [4.78, 5) is 0. The molecule has 1 aromatic heterocycles. The average Bonchev–Trinajstić information content (AvgIpc) is 3.06. The predicted octanol–water partition coefficient (Wildman–Crippen LogP) is 4.58. The zero-order chi connectivity index (χ0) is 15.6. The maximum Gasteiger partial charge on any atom is 0.167 e. The third kappa shape index (κ3) is 2.41. The molecular weight excluding hydrogens is 286 g/mol. The topological polar surface area (TPSA) is 46.3 Å². The monoisotopic (exact) mass is 301 g/mol. The molecule has 4 rings (SSSR count). The van der Waals surface area contributed by atoms with Crippen molar-refractivity contribution in [2.75, 3.05) is 0 Å². The van der Waals surface area contributed by atoms with E-state index in [-0.39, 0.29) is 0 Å². The van der Waals surface area contributed by atoms with Gasteiger partial charge in [-0.3, -0.25) is 0 Å². The van der Waals surface area contributed by atoms with E-state index in [0.717, 1.165) is 33.4 Å². The van der Waals surface area contributed by atoms with Gasteiger partial charge in [0.25, 0.3) is 0 Å². The van der Waals surface area contributed by atoms with E-state index in [0.29, 0.717) is 0 Å². The predicted molar refractivity (Wildman–Crippen MR) is 89.9 cm³/mol. The molecule has 4 aromatic rings. The summed E-state index contributed by atoms with van der Waals surface area (Å²) >= 11 is 0. The van der Waals surface area contributed by atoms with Gasteiger partial charge in [0.2, 0.25) is 0 Å². The van der Waals surface area contributed by atoms with Crippen LogP contribution in [0.4, 0.5) is 0 Å². The Labute approximate surface area is 133 Å². The van der Waals surface area contributed by atoms with Crippen LogP contribution in [0.2, 0.25) is 0 Å². The molecule has 1 heterocycles. The second-order valence-electron chi connectivity index (χ2n) is 5.43. The van der Waals surface area contributed by atoms with Gasteiger partial charge >= 0.3 is 0 Å². The first-order valence-corrected chi connectivity index (χ1v) is 7.51. The van der Waals surface area contributed by atoms with E-state index in [1.807, 2.05) is 78.9 Å². The van der Waals surface area contributed by atoms with Crippen molar-refractivity contribution < 1.29 is 9.63 Å². The summed E-state index contributed by atoms with van der Waals surface area (Å²) in [6.07, 6.45) is -0.706. The molecule has 0 aliphatic heterocycles. The number of nitrogens with zero attached hydrogens (tertiary/aromatic N) is 1. The molecular formula is C20H15NO2. The minimum absolute atomic E-state index is 0.706. The highest BCUT2D eigenvalue weighted by molar-refractivity contribution is 5.92. The Morgan fingerprint density at radius 3 is 2.35 bits per heavy atom. The molecule has 0 fully saturated rings. The lowest BCUT2D eigenvalue weighted by Crippen LogP contribution is -2.01. The van der Waals surface area contributed by atoms with Crippen LogP contribution in [0.5, 0.6) is 0 Å². The van der Waals surface area contributed by atoms with Crippen LogP contribution in [-0.2, 0) is 0 Å². The summed E-state index contributed by atoms with van der Waals surface area (Å²) in [6.45, 7) is 0. The van der Waals surface area contributed by atoms with Gasteiger partial charge in [0, 0.05) is 10.9 Å². The van der Waals surface area contributed by atoms with Crippen molar-refractivity contribution in [3.63, 3.8) is 0 Å². The van der Waals surface area contributed by atoms with Gasteiger partial charge in [-0.25, -0.2) is 0 Å². The molecule has 0 saturated carbocycles. The number of hydrogen-bond donors (Lipinski definition) is 1. The maximum atomic E-state index is 10.8. The normalized spacial score (nSPS) is 12.4. The van der Waals surface area contributed by atoms with Gasteiger partial charge in [0.1, 0.15) is 11.8 Å². The zero-order valence-electron chi connectivity index (χ0n) is 12.4. The van der Waals surface area contributed by atoms with Crippen LogP contribution in [0.1, 0.15) is 17.2 Å². The molecule has 0 aliphatic carbocycles. The second-order valence-corrected chi connectivity index (χ2v) is 5.43. The summed E-state index contributed by atoms with van der Waals surface area (Å²) in [5.41, 5.74) is 4.05. The molecule has 0 saturated heterocycles. The highest BCUT2D eigenvalue weighted by Crippen LogP contribution is 2.34. The highest BCUT2D eigenvalue weighted by atomic mass is 16.5. The number of rotatable bonds is 3. The van der Waals surface area contributed by atoms with Crippen LogP contribution >= 0.6 is 0 Å². The van der Waals surface area contributed by atoms with Crippen molar-refractivity contribution in [1.29, 1.82) is 0 Å². The lowest BCUT2D eigenvalue weighted by Gasteiger charge is -2.15. The van der Waals surface area contributed by atoms with Gasteiger partial charge in [0.05, 0.1) is 0 Å². The molecule has 0 aliphatic rings. The zero-order valence-corrected chi connectivity index (χ0v) is 12.4. The van der Waals surface area contributed by atoms with Gasteiger partial charge in [0.15, 0.2) is 5.58 Å². The number of para-hydroxylation sites is 1. The third-order valence-corrected chi connectivity index (χ3v) is 4.00. The first kappa shape index (κ1) is 13.7. The minimum atomic E-state index is -0.706. The summed E-state index contributed by atoms with van der Waals surface area (Å²) in [5.74, 6) is 0. The number of aliphatic hydroxyl groups excluding tert-OH is 1. The number of aromatic nitrogens is 1. The van der Waals surface area contributed by atoms with Crippen LogP contribution < -0.4 is 0 Å². The summed E-state index contributed by atoms with van der Waals surface area (Å²) < 4.78 is 5.41. The first-order valence-electron chi connectivity index (χ1n) is 7.51. The molecule has 0 amide bonds. The molecule has 1 N–H and O–H groups in total. The fourth-order valence-electron chi connectivity index (χ4n) is 2.85. The molecule has 0 radical (unpaired) electrons. The van der Waals surface area contributed by atoms with Gasteiger partial charge in [-0.2, -0.15) is 0 Å². The van der Waals surface area contributed by atoms with Gasteiger partial charge < -0.3 is 9.63 Å². The maximum absolute atomic E-state index is 10.8. The average molecular weight is 301 g/mol. The van der Waals surface area contributed by atoms with Crippen molar-refractivity contribution in [2.45, 2.75) is 6.10 Å². The number of aliphatic hydroxyl groups is 1. The molecule has 23 heavy (non-hydrogen) atoms. The van der Waals surface area contributed by atoms with Crippen molar-refractivity contribution >= 4 is 11.0 Å². The van der Waals surface area contributed by atoms with E-state index in [4.69, 9.17) is 4.52 Å². The third-order valence-electron chi connectivity index (χ3n) is 4.00. The molecule has 1 unspecified atom stereocenters. The van der Waals surface area contributed by atoms with Crippen LogP contribution in [0.15, 0.2) is 83.4 Å². The van der Waals surface area contributed by atoms with Gasteiger partial charge in [-0.05, 0) is 23.3 Å². The molecule has 3 heteroatoms. The van der Waals surface area contributed by atoms with Crippen LogP contribution in [0, 0.1) is 0 Å².